The maximum absolute atomic E-state index is 10.7. The Hall–Kier alpha value is -2.44. The van der Waals surface area contributed by atoms with Crippen LogP contribution >= 0.6 is 0 Å². The molecule has 0 unspecified atom stereocenters. The largest absolute Gasteiger partial charge is 0.478 e. The quantitative estimate of drug-likeness (QED) is 0.449. The summed E-state index contributed by atoms with van der Waals surface area (Å²) in [4.78, 5) is 40.6. The normalized spacial score (nSPS) is 13.2. The summed E-state index contributed by atoms with van der Waals surface area (Å²) >= 11 is 0. The first-order valence-electron chi connectivity index (χ1n) is 5.32. The van der Waals surface area contributed by atoms with E-state index >= 15 is 0 Å². The number of carboxylic acids is 1. The van der Waals surface area contributed by atoms with Gasteiger partial charge in [0.25, 0.3) is 5.78 Å². The Morgan fingerprint density at radius 2 is 2.00 bits per heavy atom. The zero-order valence-electron chi connectivity index (χ0n) is 10.5. The second kappa shape index (κ2) is 8.62. The molecule has 0 bridgehead atoms. The van der Waals surface area contributed by atoms with Crippen LogP contribution in [0.15, 0.2) is 24.5 Å². The Kier molecular flexibility index (Phi) is 7.51. The van der Waals surface area contributed by atoms with Gasteiger partial charge in [-0.3, -0.25) is 4.79 Å². The topological polar surface area (TPSA) is 107 Å². The molecule has 0 fully saturated rings. The van der Waals surface area contributed by atoms with Crippen LogP contribution in [0.5, 0.6) is 0 Å². The van der Waals surface area contributed by atoms with Crippen LogP contribution in [0.2, 0.25) is 0 Å². The number of carbonyl (C=O) groups excluding carboxylic acids is 3. The Morgan fingerprint density at radius 3 is 2.32 bits per heavy atom. The number of rotatable bonds is 4. The summed E-state index contributed by atoms with van der Waals surface area (Å²) in [5, 5.41) is 8.15. The SMILES string of the molecule is CC(C)COC(=O)/C=C\C(=O)O.O=C1C=COC1=O. The van der Waals surface area contributed by atoms with E-state index in [1.807, 2.05) is 13.8 Å². The van der Waals surface area contributed by atoms with Gasteiger partial charge in [-0.2, -0.15) is 0 Å². The molecule has 0 spiro atoms. The van der Waals surface area contributed by atoms with Gasteiger partial charge in [-0.15, -0.1) is 0 Å². The molecule has 1 heterocycles. The number of hydrogen-bond donors (Lipinski definition) is 1. The fourth-order valence-electron chi connectivity index (χ4n) is 0.720. The molecule has 1 aliphatic heterocycles. The van der Waals surface area contributed by atoms with Crippen molar-refractivity contribution in [3.05, 3.63) is 24.5 Å². The Bertz CT molecular complexity index is 418. The number of ketones is 1. The average Bonchev–Trinajstić information content (AvgIpc) is 2.69. The van der Waals surface area contributed by atoms with Crippen molar-refractivity contribution < 1.29 is 33.8 Å². The highest BCUT2D eigenvalue weighted by molar-refractivity contribution is 6.40. The number of aliphatic carboxylic acids is 1. The molecule has 1 rings (SSSR count). The first-order chi connectivity index (χ1) is 8.82. The summed E-state index contributed by atoms with van der Waals surface area (Å²) < 4.78 is 8.76. The fourth-order valence-corrected chi connectivity index (χ4v) is 0.720. The summed E-state index contributed by atoms with van der Waals surface area (Å²) in [6.45, 7) is 4.10. The van der Waals surface area contributed by atoms with Gasteiger partial charge < -0.3 is 14.6 Å². The van der Waals surface area contributed by atoms with E-state index in [-0.39, 0.29) is 5.92 Å². The van der Waals surface area contributed by atoms with E-state index in [2.05, 4.69) is 9.47 Å². The Morgan fingerprint density at radius 1 is 1.37 bits per heavy atom. The zero-order chi connectivity index (χ0) is 14.8. The number of ether oxygens (including phenoxy) is 2. The zero-order valence-corrected chi connectivity index (χ0v) is 10.5. The fraction of sp³-hybridized carbons (Fsp3) is 0.333. The predicted octanol–water partition coefficient (Wildman–Crippen LogP) is 0.452. The van der Waals surface area contributed by atoms with Crippen molar-refractivity contribution in [3.63, 3.8) is 0 Å². The maximum atomic E-state index is 10.7. The molecule has 19 heavy (non-hydrogen) atoms. The minimum atomic E-state index is -1.16. The van der Waals surface area contributed by atoms with E-state index in [1.165, 1.54) is 0 Å². The van der Waals surface area contributed by atoms with Crippen LogP contribution in [-0.2, 0) is 28.7 Å². The van der Waals surface area contributed by atoms with Crippen LogP contribution in [-0.4, -0.2) is 35.4 Å². The lowest BCUT2D eigenvalue weighted by molar-refractivity contribution is -0.145. The van der Waals surface area contributed by atoms with Crippen molar-refractivity contribution in [2.45, 2.75) is 13.8 Å². The average molecular weight is 270 g/mol. The smallest absolute Gasteiger partial charge is 0.383 e. The van der Waals surface area contributed by atoms with E-state index in [9.17, 15) is 19.2 Å². The van der Waals surface area contributed by atoms with Gasteiger partial charge in [-0.25, -0.2) is 14.4 Å². The first-order valence-corrected chi connectivity index (χ1v) is 5.32. The molecular formula is C12H14O7. The first kappa shape index (κ1) is 16.6. The van der Waals surface area contributed by atoms with Crippen molar-refractivity contribution in [3.8, 4) is 0 Å². The van der Waals surface area contributed by atoms with Gasteiger partial charge in [0.1, 0.15) is 0 Å². The maximum Gasteiger partial charge on any atom is 0.383 e. The van der Waals surface area contributed by atoms with E-state index < -0.39 is 23.7 Å². The third-order valence-corrected chi connectivity index (χ3v) is 1.52. The molecule has 0 aliphatic carbocycles. The van der Waals surface area contributed by atoms with Crippen molar-refractivity contribution in [1.29, 1.82) is 0 Å². The molecule has 0 radical (unpaired) electrons. The van der Waals surface area contributed by atoms with Crippen LogP contribution in [0, 0.1) is 5.92 Å². The van der Waals surface area contributed by atoms with Crippen molar-refractivity contribution in [2.24, 2.45) is 5.92 Å². The molecule has 7 nitrogen and oxygen atoms in total. The highest BCUT2D eigenvalue weighted by atomic mass is 16.5. The summed E-state index contributed by atoms with van der Waals surface area (Å²) in [5.74, 6) is -2.89. The van der Waals surface area contributed by atoms with Gasteiger partial charge in [-0.1, -0.05) is 13.8 Å². The summed E-state index contributed by atoms with van der Waals surface area (Å²) in [7, 11) is 0. The highest BCUT2D eigenvalue weighted by Gasteiger charge is 2.15. The van der Waals surface area contributed by atoms with Gasteiger partial charge in [0.15, 0.2) is 0 Å². The molecule has 1 N–H and O–H groups in total. The highest BCUT2D eigenvalue weighted by Crippen LogP contribution is 1.93. The minimum Gasteiger partial charge on any atom is -0.478 e. The monoisotopic (exact) mass is 270 g/mol. The van der Waals surface area contributed by atoms with E-state index in [4.69, 9.17) is 5.11 Å². The Labute approximate surface area is 109 Å². The summed E-state index contributed by atoms with van der Waals surface area (Å²) in [5.41, 5.74) is 0. The van der Waals surface area contributed by atoms with E-state index in [1.54, 1.807) is 0 Å². The van der Waals surface area contributed by atoms with Crippen molar-refractivity contribution in [1.82, 2.24) is 0 Å². The van der Waals surface area contributed by atoms with Crippen LogP contribution in [0.25, 0.3) is 0 Å². The molecular weight excluding hydrogens is 256 g/mol. The van der Waals surface area contributed by atoms with Crippen LogP contribution in [0.3, 0.4) is 0 Å². The summed E-state index contributed by atoms with van der Waals surface area (Å²) in [6.07, 6.45) is 3.81. The number of carbonyl (C=O) groups is 4. The van der Waals surface area contributed by atoms with Gasteiger partial charge in [0.05, 0.1) is 12.9 Å². The second-order valence-electron chi connectivity index (χ2n) is 3.77. The molecule has 104 valence electrons. The lowest BCUT2D eigenvalue weighted by Gasteiger charge is -2.03. The van der Waals surface area contributed by atoms with E-state index in [0.717, 1.165) is 24.5 Å². The molecule has 7 heteroatoms. The molecule has 0 atom stereocenters. The van der Waals surface area contributed by atoms with E-state index in [0.29, 0.717) is 6.61 Å². The molecule has 0 saturated carbocycles. The number of carboxylic acid groups (broad SMARTS) is 1. The molecule has 0 aromatic heterocycles. The van der Waals surface area contributed by atoms with Gasteiger partial charge in [-0.05, 0) is 5.92 Å². The predicted molar refractivity (Wildman–Crippen MR) is 62.8 cm³/mol. The Balaban J connectivity index is 0.000000388. The number of hydrogen-bond acceptors (Lipinski definition) is 6. The lowest BCUT2D eigenvalue weighted by Crippen LogP contribution is -2.07. The minimum absolute atomic E-state index is 0.257. The van der Waals surface area contributed by atoms with Crippen LogP contribution in [0.4, 0.5) is 0 Å². The standard InChI is InChI=1S/C8H12O4.C4H2O3/c1-6(2)5-12-8(11)4-3-7(9)10;5-3-1-2-7-4(3)6/h3-4,6H,5H2,1-2H3,(H,9,10);1-2H/b4-3-;. The molecule has 0 saturated heterocycles. The van der Waals surface area contributed by atoms with Gasteiger partial charge >= 0.3 is 17.9 Å². The molecule has 1 aliphatic rings. The third kappa shape index (κ3) is 9.28. The van der Waals surface area contributed by atoms with Crippen LogP contribution < -0.4 is 0 Å². The van der Waals surface area contributed by atoms with Crippen molar-refractivity contribution in [2.75, 3.05) is 6.61 Å². The van der Waals surface area contributed by atoms with Crippen LogP contribution in [0.1, 0.15) is 13.8 Å². The lowest BCUT2D eigenvalue weighted by atomic mass is 10.2. The number of esters is 2. The van der Waals surface area contributed by atoms with Crippen molar-refractivity contribution >= 4 is 23.7 Å². The van der Waals surface area contributed by atoms with Gasteiger partial charge in [0.2, 0.25) is 0 Å². The van der Waals surface area contributed by atoms with Gasteiger partial charge in [0, 0.05) is 18.2 Å². The second-order valence-corrected chi connectivity index (χ2v) is 3.77. The molecule has 0 amide bonds. The third-order valence-electron chi connectivity index (χ3n) is 1.52. The molecule has 0 aromatic rings. The number of cyclic esters (lactones) is 1. The molecule has 0 aromatic carbocycles. The summed E-state index contributed by atoms with van der Waals surface area (Å²) in [6, 6.07) is 0.